The van der Waals surface area contributed by atoms with E-state index in [0.717, 1.165) is 23.9 Å². The van der Waals surface area contributed by atoms with Gasteiger partial charge in [-0.25, -0.2) is 9.78 Å². The van der Waals surface area contributed by atoms with E-state index in [4.69, 9.17) is 5.11 Å². The normalized spacial score (nSPS) is 11.9. The van der Waals surface area contributed by atoms with E-state index in [2.05, 4.69) is 30.3 Å². The quantitative estimate of drug-likeness (QED) is 0.900. The minimum atomic E-state index is -0.905. The first-order valence-corrected chi connectivity index (χ1v) is 6.16. The van der Waals surface area contributed by atoms with Crippen LogP contribution in [0.25, 0.3) is 11.0 Å². The van der Waals surface area contributed by atoms with Gasteiger partial charge in [0.2, 0.25) is 0 Å². The van der Waals surface area contributed by atoms with E-state index in [0.29, 0.717) is 5.56 Å². The summed E-state index contributed by atoms with van der Waals surface area (Å²) in [5.74, 6) is -0.905. The van der Waals surface area contributed by atoms with Crippen LogP contribution in [0.4, 0.5) is 0 Å². The third-order valence-electron chi connectivity index (χ3n) is 3.31. The van der Waals surface area contributed by atoms with E-state index in [-0.39, 0.29) is 5.54 Å². The van der Waals surface area contributed by atoms with Crippen molar-refractivity contribution < 1.29 is 9.90 Å². The molecule has 0 saturated heterocycles. The van der Waals surface area contributed by atoms with Crippen LogP contribution in [0.5, 0.6) is 0 Å². The Morgan fingerprint density at radius 1 is 1.44 bits per heavy atom. The highest BCUT2D eigenvalue weighted by molar-refractivity contribution is 5.92. The molecular formula is C14H18N2O2. The summed E-state index contributed by atoms with van der Waals surface area (Å²) in [5.41, 5.74) is 1.97. The van der Waals surface area contributed by atoms with Crippen LogP contribution in [0.3, 0.4) is 0 Å². The molecule has 0 bridgehead atoms. The van der Waals surface area contributed by atoms with Crippen LogP contribution in [0.2, 0.25) is 0 Å². The Morgan fingerprint density at radius 2 is 2.17 bits per heavy atom. The molecule has 2 rings (SSSR count). The Labute approximate surface area is 106 Å². The predicted molar refractivity (Wildman–Crippen MR) is 70.9 cm³/mol. The van der Waals surface area contributed by atoms with Gasteiger partial charge in [0.1, 0.15) is 0 Å². The van der Waals surface area contributed by atoms with Crippen LogP contribution in [0, 0.1) is 0 Å². The third kappa shape index (κ3) is 2.10. The first-order valence-electron chi connectivity index (χ1n) is 6.16. The average Bonchev–Trinajstić information content (AvgIpc) is 2.71. The maximum atomic E-state index is 11.0. The lowest BCUT2D eigenvalue weighted by Gasteiger charge is -2.27. The van der Waals surface area contributed by atoms with Gasteiger partial charge < -0.3 is 9.67 Å². The molecule has 1 aromatic carbocycles. The number of carbonyl (C=O) groups is 1. The maximum absolute atomic E-state index is 11.0. The third-order valence-corrected chi connectivity index (χ3v) is 3.31. The van der Waals surface area contributed by atoms with Crippen molar-refractivity contribution in [3.8, 4) is 0 Å². The Hall–Kier alpha value is -1.84. The molecule has 2 aromatic rings. The maximum Gasteiger partial charge on any atom is 0.335 e. The van der Waals surface area contributed by atoms with E-state index in [9.17, 15) is 4.79 Å². The molecule has 4 heteroatoms. The number of hydrogen-bond acceptors (Lipinski definition) is 2. The van der Waals surface area contributed by atoms with Crippen LogP contribution < -0.4 is 0 Å². The van der Waals surface area contributed by atoms with Gasteiger partial charge in [-0.1, -0.05) is 13.3 Å². The molecule has 4 nitrogen and oxygen atoms in total. The van der Waals surface area contributed by atoms with Gasteiger partial charge in [-0.15, -0.1) is 0 Å². The minimum absolute atomic E-state index is 0.0549. The van der Waals surface area contributed by atoms with E-state index < -0.39 is 5.97 Å². The first-order chi connectivity index (χ1) is 8.45. The highest BCUT2D eigenvalue weighted by atomic mass is 16.4. The highest BCUT2D eigenvalue weighted by Crippen LogP contribution is 2.27. The Balaban J connectivity index is 2.58. The molecule has 0 atom stereocenters. The smallest absolute Gasteiger partial charge is 0.335 e. The van der Waals surface area contributed by atoms with E-state index >= 15 is 0 Å². The Morgan fingerprint density at radius 3 is 2.78 bits per heavy atom. The van der Waals surface area contributed by atoms with Crippen LogP contribution >= 0.6 is 0 Å². The number of carboxylic acids is 1. The first kappa shape index (κ1) is 12.6. The number of aromatic nitrogens is 2. The molecule has 0 fully saturated rings. The molecule has 0 saturated carbocycles. The molecule has 0 aliphatic rings. The summed E-state index contributed by atoms with van der Waals surface area (Å²) in [6.45, 7) is 6.43. The number of benzene rings is 1. The Kier molecular flexibility index (Phi) is 3.11. The SMILES string of the molecule is CCCC(C)(C)n1cnc2ccc(C(=O)O)cc21. The zero-order valence-corrected chi connectivity index (χ0v) is 11.0. The fourth-order valence-corrected chi connectivity index (χ4v) is 2.36. The molecule has 0 spiro atoms. The van der Waals surface area contributed by atoms with Gasteiger partial charge >= 0.3 is 5.97 Å². The lowest BCUT2D eigenvalue weighted by molar-refractivity contribution is 0.0697. The number of aromatic carboxylic acids is 1. The lowest BCUT2D eigenvalue weighted by Crippen LogP contribution is -2.25. The molecule has 96 valence electrons. The van der Waals surface area contributed by atoms with Crippen LogP contribution in [0.15, 0.2) is 24.5 Å². The summed E-state index contributed by atoms with van der Waals surface area (Å²) in [6, 6.07) is 5.05. The molecule has 0 aliphatic heterocycles. The average molecular weight is 246 g/mol. The number of hydrogen-bond donors (Lipinski definition) is 1. The molecule has 1 aromatic heterocycles. The van der Waals surface area contributed by atoms with Crippen molar-refractivity contribution in [2.45, 2.75) is 39.2 Å². The van der Waals surface area contributed by atoms with Crippen molar-refractivity contribution in [1.82, 2.24) is 9.55 Å². The standard InChI is InChI=1S/C14H18N2O2/c1-4-7-14(2,3)16-9-15-11-6-5-10(13(17)18)8-12(11)16/h5-6,8-9H,4,7H2,1-3H3,(H,17,18). The van der Waals surface area contributed by atoms with E-state index in [1.54, 1.807) is 24.5 Å². The topological polar surface area (TPSA) is 55.1 Å². The monoisotopic (exact) mass is 246 g/mol. The second-order valence-corrected chi connectivity index (χ2v) is 5.19. The molecular weight excluding hydrogens is 228 g/mol. The fraction of sp³-hybridized carbons (Fsp3) is 0.429. The summed E-state index contributed by atoms with van der Waals surface area (Å²) < 4.78 is 2.07. The fourth-order valence-electron chi connectivity index (χ4n) is 2.36. The molecule has 0 radical (unpaired) electrons. The summed E-state index contributed by atoms with van der Waals surface area (Å²) in [4.78, 5) is 15.4. The van der Waals surface area contributed by atoms with Crippen molar-refractivity contribution in [2.75, 3.05) is 0 Å². The molecule has 1 N–H and O–H groups in total. The molecule has 0 aliphatic carbocycles. The van der Waals surface area contributed by atoms with Gasteiger partial charge in [-0.05, 0) is 38.5 Å². The zero-order chi connectivity index (χ0) is 13.3. The van der Waals surface area contributed by atoms with Gasteiger partial charge in [0.05, 0.1) is 22.9 Å². The van der Waals surface area contributed by atoms with Crippen molar-refractivity contribution in [1.29, 1.82) is 0 Å². The molecule has 0 amide bonds. The van der Waals surface area contributed by atoms with Crippen molar-refractivity contribution in [3.05, 3.63) is 30.1 Å². The molecule has 18 heavy (non-hydrogen) atoms. The van der Waals surface area contributed by atoms with Crippen LogP contribution in [0.1, 0.15) is 44.0 Å². The number of rotatable bonds is 4. The van der Waals surface area contributed by atoms with Gasteiger partial charge in [0.25, 0.3) is 0 Å². The largest absolute Gasteiger partial charge is 0.478 e. The summed E-state index contributed by atoms with van der Waals surface area (Å²) in [6.07, 6.45) is 3.90. The summed E-state index contributed by atoms with van der Waals surface area (Å²) in [7, 11) is 0. The van der Waals surface area contributed by atoms with E-state index in [1.165, 1.54) is 0 Å². The summed E-state index contributed by atoms with van der Waals surface area (Å²) in [5, 5.41) is 9.05. The zero-order valence-electron chi connectivity index (χ0n) is 11.0. The van der Waals surface area contributed by atoms with Crippen molar-refractivity contribution in [3.63, 3.8) is 0 Å². The number of nitrogens with zero attached hydrogens (tertiary/aromatic N) is 2. The summed E-state index contributed by atoms with van der Waals surface area (Å²) >= 11 is 0. The van der Waals surface area contributed by atoms with Gasteiger partial charge in [-0.2, -0.15) is 0 Å². The second-order valence-electron chi connectivity index (χ2n) is 5.19. The number of carboxylic acid groups (broad SMARTS) is 1. The van der Waals surface area contributed by atoms with Crippen LogP contribution in [-0.4, -0.2) is 20.6 Å². The lowest BCUT2D eigenvalue weighted by atomic mass is 9.98. The second kappa shape index (κ2) is 4.44. The van der Waals surface area contributed by atoms with Crippen molar-refractivity contribution in [2.24, 2.45) is 0 Å². The molecule has 0 unspecified atom stereocenters. The Bertz CT molecular complexity index is 584. The number of fused-ring (bicyclic) bond motifs is 1. The van der Waals surface area contributed by atoms with Gasteiger partial charge in [0.15, 0.2) is 0 Å². The molecule has 1 heterocycles. The number of imidazole rings is 1. The van der Waals surface area contributed by atoms with Crippen molar-refractivity contribution >= 4 is 17.0 Å². The highest BCUT2D eigenvalue weighted by Gasteiger charge is 2.21. The van der Waals surface area contributed by atoms with Gasteiger partial charge in [0, 0.05) is 5.54 Å². The van der Waals surface area contributed by atoms with Gasteiger partial charge in [-0.3, -0.25) is 0 Å². The van der Waals surface area contributed by atoms with Crippen LogP contribution in [-0.2, 0) is 5.54 Å². The predicted octanol–water partition coefficient (Wildman–Crippen LogP) is 3.27. The van der Waals surface area contributed by atoms with E-state index in [1.807, 2.05) is 0 Å². The minimum Gasteiger partial charge on any atom is -0.478 e.